The Bertz CT molecular complexity index is 1060. The molecule has 2 aromatic heterocycles. The van der Waals surface area contributed by atoms with Crippen LogP contribution in [0.15, 0.2) is 35.6 Å². The van der Waals surface area contributed by atoms with E-state index in [0.717, 1.165) is 17.0 Å². The Morgan fingerprint density at radius 1 is 1.28 bits per heavy atom. The van der Waals surface area contributed by atoms with Gasteiger partial charge in [0.05, 0.1) is 30.7 Å². The third-order valence-corrected chi connectivity index (χ3v) is 5.64. The average Bonchev–Trinajstić information content (AvgIpc) is 3.16. The molecule has 0 N–H and O–H groups in total. The van der Waals surface area contributed by atoms with Crippen molar-refractivity contribution in [1.29, 1.82) is 0 Å². The number of carbonyl (C=O) groups excluding carboxylic acids is 2. The predicted octanol–water partition coefficient (Wildman–Crippen LogP) is 2.70. The molecule has 8 nitrogen and oxygen atoms in total. The van der Waals surface area contributed by atoms with Gasteiger partial charge in [-0.25, -0.2) is 4.98 Å². The van der Waals surface area contributed by atoms with Crippen LogP contribution < -0.4 is 4.74 Å². The van der Waals surface area contributed by atoms with Crippen molar-refractivity contribution in [2.24, 2.45) is 0 Å². The Hall–Kier alpha value is -2.94. The molecule has 1 aliphatic rings. The molecule has 2 heterocycles. The smallest absolute Gasteiger partial charge is 0.316 e. The van der Waals surface area contributed by atoms with E-state index in [-0.39, 0.29) is 23.4 Å². The average molecular weight is 412 g/mol. The molecule has 0 amide bonds. The van der Waals surface area contributed by atoms with E-state index in [0.29, 0.717) is 35.9 Å². The highest BCUT2D eigenvalue weighted by Crippen LogP contribution is 2.33. The fourth-order valence-electron chi connectivity index (χ4n) is 3.43. The predicted molar refractivity (Wildman–Crippen MR) is 107 cm³/mol. The summed E-state index contributed by atoms with van der Waals surface area (Å²) in [6.45, 7) is 2.10. The van der Waals surface area contributed by atoms with Crippen molar-refractivity contribution < 1.29 is 19.1 Å². The van der Waals surface area contributed by atoms with Gasteiger partial charge in [-0.2, -0.15) is 9.50 Å². The molecular formula is C20H20N4O4S. The number of ether oxygens (including phenoxy) is 2. The summed E-state index contributed by atoms with van der Waals surface area (Å²) in [5.41, 5.74) is 2.45. The molecular weight excluding hydrogens is 392 g/mol. The van der Waals surface area contributed by atoms with Crippen molar-refractivity contribution in [3.63, 3.8) is 0 Å². The zero-order valence-electron chi connectivity index (χ0n) is 16.1. The second kappa shape index (κ2) is 8.20. The van der Waals surface area contributed by atoms with Crippen LogP contribution in [0.3, 0.4) is 0 Å². The molecule has 3 aromatic rings. The lowest BCUT2D eigenvalue weighted by molar-refractivity contribution is -0.139. The number of thioether (sulfide) groups is 1. The summed E-state index contributed by atoms with van der Waals surface area (Å²) >= 11 is 1.19. The maximum absolute atomic E-state index is 12.7. The van der Waals surface area contributed by atoms with E-state index >= 15 is 0 Å². The molecule has 4 rings (SSSR count). The van der Waals surface area contributed by atoms with Crippen LogP contribution in [0, 0.1) is 0 Å². The normalized spacial score (nSPS) is 15.9. The monoisotopic (exact) mass is 412 g/mol. The number of fused-ring (bicyclic) bond motifs is 3. The van der Waals surface area contributed by atoms with Gasteiger partial charge in [-0.1, -0.05) is 23.9 Å². The van der Waals surface area contributed by atoms with Crippen LogP contribution >= 0.6 is 11.8 Å². The summed E-state index contributed by atoms with van der Waals surface area (Å²) in [7, 11) is 1.63. The first-order valence-electron chi connectivity index (χ1n) is 9.29. The number of hydrogen-bond acceptors (Lipinski definition) is 8. The van der Waals surface area contributed by atoms with E-state index in [1.807, 2.05) is 24.3 Å². The summed E-state index contributed by atoms with van der Waals surface area (Å²) in [4.78, 5) is 33.0. The summed E-state index contributed by atoms with van der Waals surface area (Å²) in [6, 6.07) is 7.78. The molecule has 0 spiro atoms. The molecule has 0 fully saturated rings. The van der Waals surface area contributed by atoms with Crippen LogP contribution in [0.2, 0.25) is 0 Å². The van der Waals surface area contributed by atoms with E-state index in [2.05, 4.69) is 15.1 Å². The number of Topliss-reactive ketones (excluding diaryl/α,β-unsaturated/α-hetero) is 1. The Morgan fingerprint density at radius 3 is 2.79 bits per heavy atom. The van der Waals surface area contributed by atoms with Gasteiger partial charge in [0.15, 0.2) is 5.78 Å². The Labute approximate surface area is 171 Å². The largest absolute Gasteiger partial charge is 0.497 e. The SMILES string of the molecule is CCOC(=O)CSc1nc2ncc3c(n2n1)CC(c1ccc(OC)cc1)CC3=O. The number of carbonyl (C=O) groups is 2. The molecule has 0 bridgehead atoms. The first kappa shape index (κ1) is 19.4. The Balaban J connectivity index is 1.62. The number of aromatic nitrogens is 4. The molecule has 0 saturated carbocycles. The van der Waals surface area contributed by atoms with Crippen molar-refractivity contribution in [2.75, 3.05) is 19.5 Å². The summed E-state index contributed by atoms with van der Waals surface area (Å²) in [5.74, 6) is 1.09. The zero-order valence-corrected chi connectivity index (χ0v) is 16.9. The fraction of sp³-hybridized carbons (Fsp3) is 0.350. The number of rotatable bonds is 6. The van der Waals surface area contributed by atoms with Crippen molar-refractivity contribution >= 4 is 29.3 Å². The lowest BCUT2D eigenvalue weighted by atomic mass is 9.82. The van der Waals surface area contributed by atoms with Crippen LogP contribution in [0.5, 0.6) is 5.75 Å². The minimum atomic E-state index is -0.318. The molecule has 1 atom stereocenters. The fourth-order valence-corrected chi connectivity index (χ4v) is 4.04. The molecule has 1 aromatic carbocycles. The molecule has 0 radical (unpaired) electrons. The highest BCUT2D eigenvalue weighted by Gasteiger charge is 2.29. The van der Waals surface area contributed by atoms with Crippen LogP contribution in [0.1, 0.15) is 40.9 Å². The number of esters is 1. The summed E-state index contributed by atoms with van der Waals surface area (Å²) < 4.78 is 11.8. The highest BCUT2D eigenvalue weighted by atomic mass is 32.2. The van der Waals surface area contributed by atoms with Gasteiger partial charge in [0.25, 0.3) is 5.78 Å². The van der Waals surface area contributed by atoms with Gasteiger partial charge in [-0.15, -0.1) is 5.10 Å². The second-order valence-corrected chi connectivity index (χ2v) is 7.56. The van der Waals surface area contributed by atoms with E-state index in [1.165, 1.54) is 11.8 Å². The standard InChI is InChI=1S/C20H20N4O4S/c1-3-28-18(26)11-29-20-22-19-21-10-15-16(24(19)23-20)8-13(9-17(15)25)12-4-6-14(27-2)7-5-12/h4-7,10,13H,3,8-9,11H2,1-2H3. The van der Waals surface area contributed by atoms with Gasteiger partial charge in [-0.3, -0.25) is 9.59 Å². The number of ketones is 1. The van der Waals surface area contributed by atoms with Gasteiger partial charge >= 0.3 is 5.97 Å². The Kier molecular flexibility index (Phi) is 5.48. The minimum absolute atomic E-state index is 0.0395. The quantitative estimate of drug-likeness (QED) is 0.450. The van der Waals surface area contributed by atoms with Gasteiger partial charge < -0.3 is 9.47 Å². The van der Waals surface area contributed by atoms with E-state index in [9.17, 15) is 9.59 Å². The number of hydrogen-bond donors (Lipinski definition) is 0. The van der Waals surface area contributed by atoms with E-state index in [4.69, 9.17) is 9.47 Å². The summed E-state index contributed by atoms with van der Waals surface area (Å²) in [5, 5.41) is 4.90. The van der Waals surface area contributed by atoms with E-state index in [1.54, 1.807) is 24.7 Å². The first-order valence-corrected chi connectivity index (χ1v) is 10.3. The van der Waals surface area contributed by atoms with Crippen LogP contribution in [0.25, 0.3) is 5.78 Å². The van der Waals surface area contributed by atoms with Gasteiger partial charge in [0.1, 0.15) is 5.75 Å². The van der Waals surface area contributed by atoms with Crippen molar-refractivity contribution in [2.45, 2.75) is 30.8 Å². The molecule has 9 heteroatoms. The van der Waals surface area contributed by atoms with Crippen LogP contribution in [0.4, 0.5) is 0 Å². The number of nitrogens with zero attached hydrogens (tertiary/aromatic N) is 4. The maximum Gasteiger partial charge on any atom is 0.316 e. The molecule has 1 aliphatic carbocycles. The number of benzene rings is 1. The van der Waals surface area contributed by atoms with Crippen molar-refractivity contribution in [3.05, 3.63) is 47.3 Å². The lowest BCUT2D eigenvalue weighted by Gasteiger charge is -2.24. The molecule has 0 saturated heterocycles. The molecule has 150 valence electrons. The van der Waals surface area contributed by atoms with Crippen LogP contribution in [-0.2, 0) is 16.0 Å². The molecule has 29 heavy (non-hydrogen) atoms. The zero-order chi connectivity index (χ0) is 20.4. The highest BCUT2D eigenvalue weighted by molar-refractivity contribution is 7.99. The van der Waals surface area contributed by atoms with Gasteiger partial charge in [0.2, 0.25) is 5.16 Å². The van der Waals surface area contributed by atoms with Crippen molar-refractivity contribution in [1.82, 2.24) is 19.6 Å². The van der Waals surface area contributed by atoms with Gasteiger partial charge in [-0.05, 0) is 37.0 Å². The first-order chi connectivity index (χ1) is 14.1. The summed E-state index contributed by atoms with van der Waals surface area (Å²) in [6.07, 6.45) is 2.65. The Morgan fingerprint density at radius 2 is 2.07 bits per heavy atom. The topological polar surface area (TPSA) is 95.7 Å². The van der Waals surface area contributed by atoms with Crippen LogP contribution in [-0.4, -0.2) is 50.8 Å². The lowest BCUT2D eigenvalue weighted by Crippen LogP contribution is -2.22. The second-order valence-electron chi connectivity index (χ2n) is 6.62. The number of methoxy groups -OCH3 is 1. The minimum Gasteiger partial charge on any atom is -0.497 e. The molecule has 1 unspecified atom stereocenters. The van der Waals surface area contributed by atoms with Gasteiger partial charge in [0, 0.05) is 12.6 Å². The third kappa shape index (κ3) is 3.95. The van der Waals surface area contributed by atoms with E-state index < -0.39 is 0 Å². The van der Waals surface area contributed by atoms with Crippen molar-refractivity contribution in [3.8, 4) is 5.75 Å². The third-order valence-electron chi connectivity index (χ3n) is 4.83. The molecule has 0 aliphatic heterocycles. The maximum atomic E-state index is 12.7.